The van der Waals surface area contributed by atoms with E-state index in [0.717, 1.165) is 44.3 Å². The molecule has 0 bridgehead atoms. The zero-order chi connectivity index (χ0) is 15.8. The van der Waals surface area contributed by atoms with Gasteiger partial charge in [-0.2, -0.15) is 0 Å². The van der Waals surface area contributed by atoms with E-state index in [0.29, 0.717) is 11.5 Å². The molecule has 1 aromatic heterocycles. The van der Waals surface area contributed by atoms with Gasteiger partial charge in [-0.3, -0.25) is 9.36 Å². The van der Waals surface area contributed by atoms with Gasteiger partial charge in [0.05, 0.1) is 5.52 Å². The molecule has 1 saturated heterocycles. The lowest BCUT2D eigenvalue weighted by molar-refractivity contribution is -0.136. The molecule has 5 nitrogen and oxygen atoms in total. The number of amides is 1. The Morgan fingerprint density at radius 3 is 2.48 bits per heavy atom. The van der Waals surface area contributed by atoms with E-state index in [9.17, 15) is 9.59 Å². The summed E-state index contributed by atoms with van der Waals surface area (Å²) >= 11 is 0. The Labute approximate surface area is 134 Å². The third-order valence-corrected chi connectivity index (χ3v) is 5.36. The first-order valence-electron chi connectivity index (χ1n) is 8.63. The van der Waals surface area contributed by atoms with Crippen molar-refractivity contribution < 1.29 is 9.21 Å². The second kappa shape index (κ2) is 5.87. The third-order valence-electron chi connectivity index (χ3n) is 5.36. The van der Waals surface area contributed by atoms with Gasteiger partial charge < -0.3 is 9.32 Å². The molecule has 2 aromatic rings. The Hall–Kier alpha value is -2.04. The fourth-order valence-corrected chi connectivity index (χ4v) is 4.11. The van der Waals surface area contributed by atoms with Crippen LogP contribution < -0.4 is 5.76 Å². The smallest absolute Gasteiger partial charge is 0.408 e. The molecule has 4 rings (SSSR count). The number of aromatic nitrogens is 1. The van der Waals surface area contributed by atoms with Crippen molar-refractivity contribution in [2.24, 2.45) is 5.92 Å². The predicted molar refractivity (Wildman–Crippen MR) is 87.3 cm³/mol. The van der Waals surface area contributed by atoms with Crippen LogP contribution in [0.5, 0.6) is 0 Å². The average molecular weight is 314 g/mol. The van der Waals surface area contributed by atoms with E-state index >= 15 is 0 Å². The Morgan fingerprint density at radius 1 is 1.04 bits per heavy atom. The van der Waals surface area contributed by atoms with Gasteiger partial charge in [-0.05, 0) is 37.8 Å². The first-order chi connectivity index (χ1) is 11.2. The number of carbonyl (C=O) groups excluding carboxylic acids is 1. The summed E-state index contributed by atoms with van der Waals surface area (Å²) in [7, 11) is 0. The van der Waals surface area contributed by atoms with E-state index in [1.54, 1.807) is 4.57 Å². The largest absolute Gasteiger partial charge is 0.420 e. The van der Waals surface area contributed by atoms with Gasteiger partial charge >= 0.3 is 5.76 Å². The van der Waals surface area contributed by atoms with Crippen molar-refractivity contribution in [3.63, 3.8) is 0 Å². The van der Waals surface area contributed by atoms with Crippen LogP contribution in [0.15, 0.2) is 33.5 Å². The topological polar surface area (TPSA) is 55.5 Å². The van der Waals surface area contributed by atoms with E-state index in [1.165, 1.54) is 12.8 Å². The Bertz CT molecular complexity index is 762. The van der Waals surface area contributed by atoms with Crippen molar-refractivity contribution in [3.8, 4) is 0 Å². The van der Waals surface area contributed by atoms with Crippen LogP contribution >= 0.6 is 0 Å². The van der Waals surface area contributed by atoms with E-state index in [1.807, 2.05) is 29.2 Å². The van der Waals surface area contributed by atoms with Crippen molar-refractivity contribution in [2.75, 3.05) is 13.1 Å². The van der Waals surface area contributed by atoms with Gasteiger partial charge in [-0.15, -0.1) is 0 Å². The SMILES string of the molecule is O=C(C1CCCC1)N1CCC(n2c(=O)oc3ccccc32)CC1. The Balaban J connectivity index is 1.49. The summed E-state index contributed by atoms with van der Waals surface area (Å²) in [5.74, 6) is 0.279. The van der Waals surface area contributed by atoms with Crippen LogP contribution in [0.2, 0.25) is 0 Å². The van der Waals surface area contributed by atoms with Crippen LogP contribution in [-0.4, -0.2) is 28.5 Å². The van der Waals surface area contributed by atoms with Crippen LogP contribution in [0, 0.1) is 5.92 Å². The first-order valence-corrected chi connectivity index (χ1v) is 8.63. The van der Waals surface area contributed by atoms with Gasteiger partial charge in [0, 0.05) is 25.0 Å². The molecular weight excluding hydrogens is 292 g/mol. The van der Waals surface area contributed by atoms with Gasteiger partial charge in [0.1, 0.15) is 0 Å². The number of para-hydroxylation sites is 2. The molecule has 1 aliphatic heterocycles. The summed E-state index contributed by atoms with van der Waals surface area (Å²) < 4.78 is 7.11. The highest BCUT2D eigenvalue weighted by molar-refractivity contribution is 5.79. The minimum absolute atomic E-state index is 0.124. The molecular formula is C18H22N2O3. The maximum atomic E-state index is 12.5. The molecule has 2 aliphatic rings. The standard InChI is InChI=1S/C18H22N2O3/c21-17(13-5-1-2-6-13)19-11-9-14(10-12-19)20-15-7-3-4-8-16(15)23-18(20)22/h3-4,7-8,13-14H,1-2,5-6,9-12H2. The lowest BCUT2D eigenvalue weighted by atomic mass is 10.0. The zero-order valence-electron chi connectivity index (χ0n) is 13.2. The van der Waals surface area contributed by atoms with E-state index in [-0.39, 0.29) is 17.7 Å². The normalized spacial score (nSPS) is 20.4. The van der Waals surface area contributed by atoms with Crippen molar-refractivity contribution in [1.29, 1.82) is 0 Å². The molecule has 1 saturated carbocycles. The minimum Gasteiger partial charge on any atom is -0.408 e. The minimum atomic E-state index is -0.285. The van der Waals surface area contributed by atoms with Crippen molar-refractivity contribution >= 4 is 17.0 Å². The molecule has 1 amide bonds. The Kier molecular flexibility index (Phi) is 3.71. The first kappa shape index (κ1) is 14.5. The molecule has 2 fully saturated rings. The predicted octanol–water partition coefficient (Wildman–Crippen LogP) is 2.95. The summed E-state index contributed by atoms with van der Waals surface area (Å²) in [4.78, 5) is 26.7. The molecule has 0 atom stereocenters. The second-order valence-electron chi connectivity index (χ2n) is 6.74. The summed E-state index contributed by atoms with van der Waals surface area (Å²) in [6, 6.07) is 7.67. The summed E-state index contributed by atoms with van der Waals surface area (Å²) in [6.07, 6.45) is 6.10. The van der Waals surface area contributed by atoms with Gasteiger partial charge in [-0.25, -0.2) is 4.79 Å². The number of hydrogen-bond donors (Lipinski definition) is 0. The number of fused-ring (bicyclic) bond motifs is 1. The molecule has 2 heterocycles. The molecule has 1 aromatic carbocycles. The van der Waals surface area contributed by atoms with E-state index < -0.39 is 0 Å². The molecule has 0 spiro atoms. The quantitative estimate of drug-likeness (QED) is 0.856. The average Bonchev–Trinajstić information content (AvgIpc) is 3.21. The highest BCUT2D eigenvalue weighted by atomic mass is 16.4. The van der Waals surface area contributed by atoms with Gasteiger partial charge in [-0.1, -0.05) is 25.0 Å². The van der Waals surface area contributed by atoms with Crippen molar-refractivity contribution in [2.45, 2.75) is 44.6 Å². The molecule has 23 heavy (non-hydrogen) atoms. The van der Waals surface area contributed by atoms with Crippen LogP contribution in [0.25, 0.3) is 11.1 Å². The van der Waals surface area contributed by atoms with Crippen molar-refractivity contribution in [1.82, 2.24) is 9.47 Å². The van der Waals surface area contributed by atoms with Gasteiger partial charge in [0.15, 0.2) is 5.58 Å². The van der Waals surface area contributed by atoms with Gasteiger partial charge in [0.2, 0.25) is 5.91 Å². The maximum Gasteiger partial charge on any atom is 0.420 e. The van der Waals surface area contributed by atoms with Crippen LogP contribution in [0.1, 0.15) is 44.6 Å². The monoisotopic (exact) mass is 314 g/mol. The summed E-state index contributed by atoms with van der Waals surface area (Å²) in [5, 5.41) is 0. The molecule has 1 aliphatic carbocycles. The van der Waals surface area contributed by atoms with Crippen LogP contribution in [0.4, 0.5) is 0 Å². The number of rotatable bonds is 2. The van der Waals surface area contributed by atoms with E-state index in [2.05, 4.69) is 0 Å². The number of likely N-dealkylation sites (tertiary alicyclic amines) is 1. The molecule has 122 valence electrons. The fraction of sp³-hybridized carbons (Fsp3) is 0.556. The number of hydrogen-bond acceptors (Lipinski definition) is 3. The van der Waals surface area contributed by atoms with Crippen LogP contribution in [-0.2, 0) is 4.79 Å². The maximum absolute atomic E-state index is 12.5. The van der Waals surface area contributed by atoms with E-state index in [4.69, 9.17) is 4.42 Å². The molecule has 0 radical (unpaired) electrons. The van der Waals surface area contributed by atoms with Crippen molar-refractivity contribution in [3.05, 3.63) is 34.8 Å². The third kappa shape index (κ3) is 2.58. The molecule has 5 heteroatoms. The van der Waals surface area contributed by atoms with Crippen LogP contribution in [0.3, 0.4) is 0 Å². The zero-order valence-corrected chi connectivity index (χ0v) is 13.2. The highest BCUT2D eigenvalue weighted by Gasteiger charge is 2.31. The Morgan fingerprint density at radius 2 is 1.74 bits per heavy atom. The summed E-state index contributed by atoms with van der Waals surface area (Å²) in [5.41, 5.74) is 1.50. The summed E-state index contributed by atoms with van der Waals surface area (Å²) in [6.45, 7) is 1.48. The highest BCUT2D eigenvalue weighted by Crippen LogP contribution is 2.30. The number of nitrogens with zero attached hydrogens (tertiary/aromatic N) is 2. The second-order valence-corrected chi connectivity index (χ2v) is 6.74. The lowest BCUT2D eigenvalue weighted by Crippen LogP contribution is -2.42. The number of piperidine rings is 1. The number of carbonyl (C=O) groups is 1. The number of oxazole rings is 1. The van der Waals surface area contributed by atoms with Gasteiger partial charge in [0.25, 0.3) is 0 Å². The number of benzene rings is 1. The lowest BCUT2D eigenvalue weighted by Gasteiger charge is -2.33. The molecule has 0 N–H and O–H groups in total. The molecule has 0 unspecified atom stereocenters. The fourth-order valence-electron chi connectivity index (χ4n) is 4.11.